The van der Waals surface area contributed by atoms with Gasteiger partial charge in [-0.3, -0.25) is 0 Å². The highest BCUT2D eigenvalue weighted by atomic mass is 16.3. The van der Waals surface area contributed by atoms with Gasteiger partial charge in [0.25, 0.3) is 0 Å². The molecular formula is C14H10N4O. The van der Waals surface area contributed by atoms with Crippen LogP contribution in [-0.2, 0) is 0 Å². The van der Waals surface area contributed by atoms with Crippen molar-refractivity contribution in [3.05, 3.63) is 48.4 Å². The molecule has 92 valence electrons. The van der Waals surface area contributed by atoms with Crippen molar-refractivity contribution in [2.45, 2.75) is 0 Å². The lowest BCUT2D eigenvalue weighted by molar-refractivity contribution is 0.481. The lowest BCUT2D eigenvalue weighted by Gasteiger charge is -2.07. The molecule has 0 aliphatic carbocycles. The predicted octanol–water partition coefficient (Wildman–Crippen LogP) is 2.16. The molecule has 3 aromatic rings. The van der Waals surface area contributed by atoms with Crippen LogP contribution in [0.25, 0.3) is 5.52 Å². The van der Waals surface area contributed by atoms with Crippen LogP contribution in [0.4, 0.5) is 11.5 Å². The normalized spacial score (nSPS) is 10.3. The molecule has 2 heterocycles. The minimum Gasteiger partial charge on any atom is -0.505 e. The third-order valence-electron chi connectivity index (χ3n) is 2.72. The molecule has 1 aromatic carbocycles. The van der Waals surface area contributed by atoms with Crippen LogP contribution in [0.1, 0.15) is 5.56 Å². The van der Waals surface area contributed by atoms with Crippen LogP contribution in [0, 0.1) is 12.3 Å². The molecule has 0 fully saturated rings. The molecule has 0 aliphatic rings. The van der Waals surface area contributed by atoms with Crippen LogP contribution in [0.2, 0.25) is 0 Å². The molecule has 0 atom stereocenters. The zero-order valence-corrected chi connectivity index (χ0v) is 9.91. The van der Waals surface area contributed by atoms with E-state index >= 15 is 0 Å². The molecule has 5 nitrogen and oxygen atoms in total. The Kier molecular flexibility index (Phi) is 2.54. The lowest BCUT2D eigenvalue weighted by Crippen LogP contribution is -1.99. The first-order valence-corrected chi connectivity index (χ1v) is 5.63. The largest absolute Gasteiger partial charge is 0.505 e. The Morgan fingerprint density at radius 3 is 3.05 bits per heavy atom. The van der Waals surface area contributed by atoms with Crippen LogP contribution in [-0.4, -0.2) is 19.7 Å². The van der Waals surface area contributed by atoms with E-state index in [4.69, 9.17) is 6.42 Å². The zero-order valence-electron chi connectivity index (χ0n) is 9.91. The number of anilines is 2. The van der Waals surface area contributed by atoms with Crippen molar-refractivity contribution in [1.29, 1.82) is 0 Å². The molecule has 0 aliphatic heterocycles. The number of benzene rings is 1. The number of nitrogens with zero attached hydrogens (tertiary/aromatic N) is 3. The van der Waals surface area contributed by atoms with Crippen molar-refractivity contribution >= 4 is 17.0 Å². The van der Waals surface area contributed by atoms with Gasteiger partial charge in [-0.15, -0.1) is 6.42 Å². The van der Waals surface area contributed by atoms with Crippen molar-refractivity contribution in [1.82, 2.24) is 14.6 Å². The number of terminal acetylenes is 1. The van der Waals surface area contributed by atoms with Crippen LogP contribution in [0.5, 0.6) is 5.75 Å². The Morgan fingerprint density at radius 2 is 2.21 bits per heavy atom. The Hall–Kier alpha value is -3.00. The van der Waals surface area contributed by atoms with E-state index in [0.29, 0.717) is 11.3 Å². The van der Waals surface area contributed by atoms with E-state index in [2.05, 4.69) is 21.3 Å². The van der Waals surface area contributed by atoms with Gasteiger partial charge in [0.15, 0.2) is 5.82 Å². The first-order valence-electron chi connectivity index (χ1n) is 5.63. The van der Waals surface area contributed by atoms with E-state index in [1.54, 1.807) is 16.8 Å². The van der Waals surface area contributed by atoms with E-state index in [0.717, 1.165) is 11.3 Å². The number of fused-ring (bicyclic) bond motifs is 1. The lowest BCUT2D eigenvalue weighted by atomic mass is 10.2. The summed E-state index contributed by atoms with van der Waals surface area (Å²) >= 11 is 0. The van der Waals surface area contributed by atoms with E-state index < -0.39 is 0 Å². The quantitative estimate of drug-likeness (QED) is 0.684. The maximum Gasteiger partial charge on any atom is 0.162 e. The molecule has 0 spiro atoms. The SMILES string of the molecule is C#Cc1cccc(Nc2ncnn3ccc(O)c23)c1. The maximum absolute atomic E-state index is 9.80. The van der Waals surface area contributed by atoms with Gasteiger partial charge in [-0.2, -0.15) is 5.10 Å². The summed E-state index contributed by atoms with van der Waals surface area (Å²) in [4.78, 5) is 4.14. The minimum atomic E-state index is 0.121. The molecule has 0 saturated carbocycles. The second kappa shape index (κ2) is 4.35. The number of aromatic nitrogens is 3. The molecular weight excluding hydrogens is 240 g/mol. The second-order valence-corrected chi connectivity index (χ2v) is 3.95. The molecule has 19 heavy (non-hydrogen) atoms. The summed E-state index contributed by atoms with van der Waals surface area (Å²) in [5.41, 5.74) is 2.10. The fraction of sp³-hybridized carbons (Fsp3) is 0. The van der Waals surface area contributed by atoms with Gasteiger partial charge in [-0.05, 0) is 18.2 Å². The molecule has 2 aromatic heterocycles. The fourth-order valence-corrected chi connectivity index (χ4v) is 1.85. The summed E-state index contributed by atoms with van der Waals surface area (Å²) in [7, 11) is 0. The first-order chi connectivity index (χ1) is 9.28. The Morgan fingerprint density at radius 1 is 1.32 bits per heavy atom. The fourth-order valence-electron chi connectivity index (χ4n) is 1.85. The average Bonchev–Trinajstić information content (AvgIpc) is 2.82. The van der Waals surface area contributed by atoms with E-state index in [1.165, 1.54) is 6.33 Å². The van der Waals surface area contributed by atoms with Crippen molar-refractivity contribution in [3.63, 3.8) is 0 Å². The van der Waals surface area contributed by atoms with Gasteiger partial charge in [0.05, 0.1) is 0 Å². The highest BCUT2D eigenvalue weighted by molar-refractivity contribution is 5.78. The van der Waals surface area contributed by atoms with Crippen LogP contribution < -0.4 is 5.32 Å². The highest BCUT2D eigenvalue weighted by Crippen LogP contribution is 2.26. The van der Waals surface area contributed by atoms with E-state index in [9.17, 15) is 5.11 Å². The van der Waals surface area contributed by atoms with Gasteiger partial charge in [0, 0.05) is 23.5 Å². The van der Waals surface area contributed by atoms with Crippen LogP contribution >= 0.6 is 0 Å². The zero-order chi connectivity index (χ0) is 13.2. The van der Waals surface area contributed by atoms with E-state index in [1.807, 2.05) is 24.3 Å². The Bertz CT molecular complexity index is 785. The van der Waals surface area contributed by atoms with Gasteiger partial charge < -0.3 is 10.4 Å². The van der Waals surface area contributed by atoms with E-state index in [-0.39, 0.29) is 5.75 Å². The molecule has 0 amide bonds. The Labute approximate surface area is 109 Å². The number of rotatable bonds is 2. The summed E-state index contributed by atoms with van der Waals surface area (Å²) in [5, 5.41) is 16.9. The van der Waals surface area contributed by atoms with Crippen molar-refractivity contribution in [3.8, 4) is 18.1 Å². The topological polar surface area (TPSA) is 62.5 Å². The molecule has 0 bridgehead atoms. The van der Waals surface area contributed by atoms with Gasteiger partial charge in [0.1, 0.15) is 17.6 Å². The number of aromatic hydroxyl groups is 1. The smallest absolute Gasteiger partial charge is 0.162 e. The maximum atomic E-state index is 9.80. The van der Waals surface area contributed by atoms with Crippen LogP contribution in [0.15, 0.2) is 42.9 Å². The summed E-state index contributed by atoms with van der Waals surface area (Å²) in [5.74, 6) is 3.21. The molecule has 0 saturated heterocycles. The van der Waals surface area contributed by atoms with Gasteiger partial charge in [0.2, 0.25) is 0 Å². The van der Waals surface area contributed by atoms with Crippen LogP contribution in [0.3, 0.4) is 0 Å². The van der Waals surface area contributed by atoms with Crippen molar-refractivity contribution < 1.29 is 5.11 Å². The molecule has 5 heteroatoms. The monoisotopic (exact) mass is 250 g/mol. The van der Waals surface area contributed by atoms with Gasteiger partial charge in [-0.25, -0.2) is 9.50 Å². The number of hydrogen-bond acceptors (Lipinski definition) is 4. The summed E-state index contributed by atoms with van der Waals surface area (Å²) < 4.78 is 1.55. The summed E-state index contributed by atoms with van der Waals surface area (Å²) in [6.07, 6.45) is 8.44. The minimum absolute atomic E-state index is 0.121. The van der Waals surface area contributed by atoms with Gasteiger partial charge >= 0.3 is 0 Å². The number of hydrogen-bond donors (Lipinski definition) is 2. The highest BCUT2D eigenvalue weighted by Gasteiger charge is 2.09. The molecule has 2 N–H and O–H groups in total. The van der Waals surface area contributed by atoms with Crippen molar-refractivity contribution in [2.24, 2.45) is 0 Å². The predicted molar refractivity (Wildman–Crippen MR) is 72.3 cm³/mol. The second-order valence-electron chi connectivity index (χ2n) is 3.95. The Balaban J connectivity index is 2.06. The standard InChI is InChI=1S/C14H10N4O/c1-2-10-4-3-5-11(8-10)17-14-13-12(19)6-7-18(13)16-9-15-14/h1,3-9,19H,(H,15,16,17). The third kappa shape index (κ3) is 1.96. The third-order valence-corrected chi connectivity index (χ3v) is 2.72. The summed E-state index contributed by atoms with van der Waals surface area (Å²) in [6.45, 7) is 0. The molecule has 0 unspecified atom stereocenters. The first kappa shape index (κ1) is 11.1. The number of nitrogens with one attached hydrogen (secondary N) is 1. The van der Waals surface area contributed by atoms with Crippen molar-refractivity contribution in [2.75, 3.05) is 5.32 Å². The summed E-state index contributed by atoms with van der Waals surface area (Å²) in [6, 6.07) is 8.97. The molecule has 3 rings (SSSR count). The average molecular weight is 250 g/mol. The van der Waals surface area contributed by atoms with Gasteiger partial charge in [-0.1, -0.05) is 12.0 Å². The molecule has 0 radical (unpaired) electrons.